The Balaban J connectivity index is 1.34. The fourth-order valence-electron chi connectivity index (χ4n) is 4.79. The quantitative estimate of drug-likeness (QED) is 0.497. The first-order valence-electron chi connectivity index (χ1n) is 13.0. The maximum Gasteiger partial charge on any atom is 0.410 e. The average Bonchev–Trinajstić information content (AvgIpc) is 3.71. The number of urea groups is 1. The van der Waals surface area contributed by atoms with Crippen LogP contribution in [-0.2, 0) is 11.3 Å². The van der Waals surface area contributed by atoms with Gasteiger partial charge in [-0.05, 0) is 72.9 Å². The van der Waals surface area contributed by atoms with Crippen LogP contribution in [0.25, 0.3) is 21.9 Å². The van der Waals surface area contributed by atoms with Gasteiger partial charge in [-0.2, -0.15) is 0 Å². The van der Waals surface area contributed by atoms with Crippen molar-refractivity contribution in [3.05, 3.63) is 54.0 Å². The molecule has 37 heavy (non-hydrogen) atoms. The highest BCUT2D eigenvalue weighted by molar-refractivity contribution is 6.00. The van der Waals surface area contributed by atoms with E-state index in [-0.39, 0.29) is 18.7 Å². The van der Waals surface area contributed by atoms with E-state index in [0.717, 1.165) is 58.7 Å². The molecule has 9 heteroatoms. The number of carbonyl (C=O) groups excluding carboxylic acids is 2. The fraction of sp³-hybridized carbons (Fsp3) is 0.429. The van der Waals surface area contributed by atoms with Crippen LogP contribution in [0.5, 0.6) is 0 Å². The van der Waals surface area contributed by atoms with Crippen LogP contribution in [-0.4, -0.2) is 71.2 Å². The van der Waals surface area contributed by atoms with E-state index < -0.39 is 0 Å². The molecule has 0 radical (unpaired) electrons. The fourth-order valence-corrected chi connectivity index (χ4v) is 4.79. The van der Waals surface area contributed by atoms with Crippen LogP contribution >= 0.6 is 0 Å². The standard InChI is InChI=1S/C28H34N6O3/c1-3-29-27(35)32-26-15-24-23(21-8-9-30-19(2)14-21)7-6-22(25(24)16-31-26)18-37-28(36)34-12-10-33(11-13-34)17-20-4-5-20/h6-9,14-16,20H,3-5,10-13,17-18H2,1-2H3,(H2,29,31,32,35). The second-order valence-corrected chi connectivity index (χ2v) is 9.84. The number of pyridine rings is 2. The van der Waals surface area contributed by atoms with E-state index in [2.05, 4.69) is 25.5 Å². The molecule has 2 aliphatic rings. The number of aryl methyl sites for hydroxylation is 1. The van der Waals surface area contributed by atoms with Crippen molar-refractivity contribution in [2.45, 2.75) is 33.3 Å². The van der Waals surface area contributed by atoms with Crippen molar-refractivity contribution in [1.29, 1.82) is 0 Å². The minimum absolute atomic E-state index is 0.151. The van der Waals surface area contributed by atoms with Gasteiger partial charge in [0.25, 0.3) is 0 Å². The zero-order valence-electron chi connectivity index (χ0n) is 21.5. The molecule has 3 heterocycles. The minimum Gasteiger partial charge on any atom is -0.445 e. The summed E-state index contributed by atoms with van der Waals surface area (Å²) < 4.78 is 5.75. The lowest BCUT2D eigenvalue weighted by atomic mass is 9.96. The molecule has 2 N–H and O–H groups in total. The molecule has 2 aromatic heterocycles. The number of anilines is 1. The average molecular weight is 503 g/mol. The minimum atomic E-state index is -0.307. The first-order valence-corrected chi connectivity index (χ1v) is 13.0. The molecule has 0 unspecified atom stereocenters. The summed E-state index contributed by atoms with van der Waals surface area (Å²) in [6.45, 7) is 8.84. The molecule has 9 nitrogen and oxygen atoms in total. The van der Waals surface area contributed by atoms with Crippen LogP contribution < -0.4 is 10.6 Å². The number of carbonyl (C=O) groups is 2. The summed E-state index contributed by atoms with van der Waals surface area (Å²) in [5.41, 5.74) is 3.78. The molecule has 1 aliphatic carbocycles. The SMILES string of the molecule is CCNC(=O)Nc1cc2c(-c3ccnc(C)c3)ccc(COC(=O)N3CCN(CC4CC4)CC3)c2cn1. The Bertz CT molecular complexity index is 1280. The third-order valence-electron chi connectivity index (χ3n) is 6.97. The number of hydrogen-bond acceptors (Lipinski definition) is 6. The lowest BCUT2D eigenvalue weighted by molar-refractivity contribution is 0.0709. The zero-order chi connectivity index (χ0) is 25.8. The van der Waals surface area contributed by atoms with Gasteiger partial charge in [0.05, 0.1) is 0 Å². The van der Waals surface area contributed by atoms with Crippen LogP contribution in [0.15, 0.2) is 42.7 Å². The maximum atomic E-state index is 12.8. The van der Waals surface area contributed by atoms with Gasteiger partial charge in [-0.25, -0.2) is 14.6 Å². The highest BCUT2D eigenvalue weighted by Gasteiger charge is 2.28. The van der Waals surface area contributed by atoms with Gasteiger partial charge in [0, 0.05) is 62.7 Å². The topological polar surface area (TPSA) is 99.7 Å². The second-order valence-electron chi connectivity index (χ2n) is 9.84. The van der Waals surface area contributed by atoms with E-state index in [4.69, 9.17) is 4.74 Å². The van der Waals surface area contributed by atoms with Gasteiger partial charge in [0.1, 0.15) is 12.4 Å². The number of nitrogens with one attached hydrogen (secondary N) is 2. The Hall–Kier alpha value is -3.72. The number of rotatable bonds is 7. The van der Waals surface area contributed by atoms with Gasteiger partial charge < -0.3 is 15.0 Å². The van der Waals surface area contributed by atoms with Crippen molar-refractivity contribution >= 4 is 28.7 Å². The summed E-state index contributed by atoms with van der Waals surface area (Å²) in [4.78, 5) is 37.9. The van der Waals surface area contributed by atoms with Gasteiger partial charge >= 0.3 is 12.1 Å². The van der Waals surface area contributed by atoms with E-state index in [9.17, 15) is 9.59 Å². The largest absolute Gasteiger partial charge is 0.445 e. The van der Waals surface area contributed by atoms with Gasteiger partial charge in [-0.15, -0.1) is 0 Å². The molecule has 2 fully saturated rings. The molecule has 5 rings (SSSR count). The number of aromatic nitrogens is 2. The van der Waals surface area contributed by atoms with Crippen molar-refractivity contribution in [3.8, 4) is 11.1 Å². The van der Waals surface area contributed by atoms with Crippen molar-refractivity contribution < 1.29 is 14.3 Å². The Morgan fingerprint density at radius 3 is 2.59 bits per heavy atom. The molecule has 194 valence electrons. The van der Waals surface area contributed by atoms with Gasteiger partial charge in [-0.1, -0.05) is 12.1 Å². The van der Waals surface area contributed by atoms with Crippen molar-refractivity contribution in [3.63, 3.8) is 0 Å². The van der Waals surface area contributed by atoms with E-state index in [1.54, 1.807) is 17.3 Å². The predicted octanol–water partition coefficient (Wildman–Crippen LogP) is 4.41. The van der Waals surface area contributed by atoms with Crippen molar-refractivity contribution in [1.82, 2.24) is 25.1 Å². The van der Waals surface area contributed by atoms with Crippen LogP contribution in [0.4, 0.5) is 15.4 Å². The number of fused-ring (bicyclic) bond motifs is 1. The van der Waals surface area contributed by atoms with Gasteiger partial charge in [0.2, 0.25) is 0 Å². The van der Waals surface area contributed by atoms with E-state index in [1.165, 1.54) is 12.8 Å². The van der Waals surface area contributed by atoms with E-state index in [1.807, 2.05) is 44.2 Å². The van der Waals surface area contributed by atoms with E-state index >= 15 is 0 Å². The highest BCUT2D eigenvalue weighted by Crippen LogP contribution is 2.33. The first kappa shape index (κ1) is 25.0. The van der Waals surface area contributed by atoms with E-state index in [0.29, 0.717) is 25.5 Å². The first-order chi connectivity index (χ1) is 18.0. The monoisotopic (exact) mass is 502 g/mol. The third-order valence-corrected chi connectivity index (χ3v) is 6.97. The van der Waals surface area contributed by atoms with Crippen LogP contribution in [0.1, 0.15) is 31.0 Å². The summed E-state index contributed by atoms with van der Waals surface area (Å²) in [6, 6.07) is 9.54. The number of ether oxygens (including phenoxy) is 1. The summed E-state index contributed by atoms with van der Waals surface area (Å²) in [7, 11) is 0. The predicted molar refractivity (Wildman–Crippen MR) is 143 cm³/mol. The second kappa shape index (κ2) is 11.1. The Morgan fingerprint density at radius 2 is 1.86 bits per heavy atom. The van der Waals surface area contributed by atoms with Gasteiger partial charge in [0.15, 0.2) is 0 Å². The zero-order valence-corrected chi connectivity index (χ0v) is 21.5. The summed E-state index contributed by atoms with van der Waals surface area (Å²) >= 11 is 0. The molecule has 1 saturated carbocycles. The lowest BCUT2D eigenvalue weighted by Crippen LogP contribution is -2.49. The highest BCUT2D eigenvalue weighted by atomic mass is 16.6. The summed E-state index contributed by atoms with van der Waals surface area (Å²) in [5.74, 6) is 1.31. The van der Waals surface area contributed by atoms with Crippen LogP contribution in [0.3, 0.4) is 0 Å². The number of hydrogen-bond donors (Lipinski definition) is 2. The molecule has 3 aromatic rings. The Morgan fingerprint density at radius 1 is 1.05 bits per heavy atom. The number of piperazine rings is 1. The number of benzene rings is 1. The number of nitrogens with zero attached hydrogens (tertiary/aromatic N) is 4. The molecule has 0 bridgehead atoms. The smallest absolute Gasteiger partial charge is 0.410 e. The molecule has 1 saturated heterocycles. The molecule has 0 spiro atoms. The van der Waals surface area contributed by atoms with Gasteiger partial charge in [-0.3, -0.25) is 15.2 Å². The Labute approximate surface area is 217 Å². The lowest BCUT2D eigenvalue weighted by Gasteiger charge is -2.34. The molecule has 1 aromatic carbocycles. The Kier molecular flexibility index (Phi) is 7.50. The summed E-state index contributed by atoms with van der Waals surface area (Å²) in [6.07, 6.45) is 5.91. The number of amides is 3. The maximum absolute atomic E-state index is 12.8. The normalized spacial score (nSPS) is 16.0. The molecule has 3 amide bonds. The van der Waals surface area contributed by atoms with Crippen molar-refractivity contribution in [2.75, 3.05) is 44.6 Å². The van der Waals surface area contributed by atoms with Crippen molar-refractivity contribution in [2.24, 2.45) is 5.92 Å². The van der Waals surface area contributed by atoms with Crippen LogP contribution in [0, 0.1) is 12.8 Å². The molecule has 1 aliphatic heterocycles. The summed E-state index contributed by atoms with van der Waals surface area (Å²) in [5, 5.41) is 7.29. The third kappa shape index (κ3) is 6.17. The van der Waals surface area contributed by atoms with Crippen LogP contribution in [0.2, 0.25) is 0 Å². The molecular weight excluding hydrogens is 468 g/mol. The molecule has 0 atom stereocenters. The molecular formula is C28H34N6O3.